The van der Waals surface area contributed by atoms with Gasteiger partial charge in [-0.2, -0.15) is 0 Å². The maximum absolute atomic E-state index is 13.0. The number of ketones is 1. The van der Waals surface area contributed by atoms with Gasteiger partial charge in [0.05, 0.1) is 20.8 Å². The highest BCUT2D eigenvalue weighted by Gasteiger charge is 2.40. The third kappa shape index (κ3) is 4.50. The molecule has 2 aromatic rings. The Balaban J connectivity index is 2.09. The van der Waals surface area contributed by atoms with Crippen molar-refractivity contribution < 1.29 is 23.8 Å². The first-order valence-corrected chi connectivity index (χ1v) is 9.67. The lowest BCUT2D eigenvalue weighted by atomic mass is 9.73. The predicted octanol–water partition coefficient (Wildman–Crippen LogP) is 4.33. The van der Waals surface area contributed by atoms with E-state index in [1.165, 1.54) is 0 Å². The predicted molar refractivity (Wildman–Crippen MR) is 111 cm³/mol. The van der Waals surface area contributed by atoms with Crippen molar-refractivity contribution in [3.63, 3.8) is 0 Å². The average Bonchev–Trinajstić information content (AvgIpc) is 2.72. The molecule has 0 amide bonds. The Labute approximate surface area is 171 Å². The summed E-state index contributed by atoms with van der Waals surface area (Å²) in [5.41, 5.74) is 3.82. The Kier molecular flexibility index (Phi) is 6.37. The Hall–Kier alpha value is -3.08. The first-order chi connectivity index (χ1) is 14.0. The average molecular weight is 394 g/mol. The van der Waals surface area contributed by atoms with Crippen LogP contribution >= 0.6 is 0 Å². The number of rotatable bonds is 6. The molecule has 2 atom stereocenters. The van der Waals surface area contributed by atoms with Crippen molar-refractivity contribution in [1.82, 2.24) is 0 Å². The zero-order chi connectivity index (χ0) is 21.0. The van der Waals surface area contributed by atoms with Gasteiger partial charge in [-0.25, -0.2) is 0 Å². The smallest absolute Gasteiger partial charge is 0.317 e. The molecular weight excluding hydrogens is 368 g/mol. The van der Waals surface area contributed by atoms with Gasteiger partial charge in [-0.15, -0.1) is 0 Å². The van der Waals surface area contributed by atoms with Crippen molar-refractivity contribution in [3.8, 4) is 11.5 Å². The van der Waals surface area contributed by atoms with Gasteiger partial charge >= 0.3 is 5.97 Å². The van der Waals surface area contributed by atoms with E-state index in [0.717, 1.165) is 22.3 Å². The summed E-state index contributed by atoms with van der Waals surface area (Å²) in [5, 5.41) is 0. The van der Waals surface area contributed by atoms with Crippen LogP contribution in [-0.4, -0.2) is 32.6 Å². The number of aryl methyl sites for hydroxylation is 1. The fourth-order valence-electron chi connectivity index (χ4n) is 3.79. The van der Waals surface area contributed by atoms with E-state index in [9.17, 15) is 9.59 Å². The fraction of sp³-hybridized carbons (Fsp3) is 0.333. The molecule has 0 spiro atoms. The minimum atomic E-state index is -0.889. The molecule has 0 aliphatic heterocycles. The normalized spacial score (nSPS) is 18.8. The molecule has 2 aromatic carbocycles. The lowest BCUT2D eigenvalue weighted by Gasteiger charge is -2.30. The molecule has 5 heteroatoms. The monoisotopic (exact) mass is 394 g/mol. The number of hydrogen-bond acceptors (Lipinski definition) is 5. The maximum atomic E-state index is 13.0. The summed E-state index contributed by atoms with van der Waals surface area (Å²) in [7, 11) is 3.15. The molecule has 1 aliphatic rings. The molecule has 0 aromatic heterocycles. The second-order valence-electron chi connectivity index (χ2n) is 7.13. The summed E-state index contributed by atoms with van der Waals surface area (Å²) >= 11 is 0. The fourth-order valence-corrected chi connectivity index (χ4v) is 3.79. The Bertz CT molecular complexity index is 922. The minimum absolute atomic E-state index is 0.227. The number of esters is 1. The molecule has 3 rings (SSSR count). The first kappa shape index (κ1) is 20.6. The SMILES string of the molecule is CCOC(=O)[C@@H]1C(=O)C=C(c2cccc(C)c2)C[C@H]1c1cc(OC)cc(OC)c1. The summed E-state index contributed by atoms with van der Waals surface area (Å²) < 4.78 is 16.0. The van der Waals surface area contributed by atoms with E-state index >= 15 is 0 Å². The van der Waals surface area contributed by atoms with Crippen LogP contribution in [0.15, 0.2) is 48.5 Å². The van der Waals surface area contributed by atoms with Crippen LogP contribution in [0, 0.1) is 12.8 Å². The third-order valence-electron chi connectivity index (χ3n) is 5.20. The topological polar surface area (TPSA) is 61.8 Å². The van der Waals surface area contributed by atoms with Gasteiger partial charge < -0.3 is 14.2 Å². The Morgan fingerprint density at radius 2 is 1.76 bits per heavy atom. The second kappa shape index (κ2) is 8.95. The van der Waals surface area contributed by atoms with E-state index in [1.807, 2.05) is 43.3 Å². The van der Waals surface area contributed by atoms with Gasteiger partial charge in [-0.05, 0) is 55.2 Å². The molecule has 1 aliphatic carbocycles. The molecule has 0 N–H and O–H groups in total. The standard InChI is InChI=1S/C24H26O5/c1-5-29-24(26)23-21(18-10-19(27-3)14-20(11-18)28-4)12-17(13-22(23)25)16-8-6-7-15(2)9-16/h6-11,13-14,21,23H,5,12H2,1-4H3/t21-,23-/m0/s1. The van der Waals surface area contributed by atoms with Crippen LogP contribution in [0.5, 0.6) is 11.5 Å². The van der Waals surface area contributed by atoms with E-state index in [1.54, 1.807) is 33.3 Å². The quantitative estimate of drug-likeness (QED) is 0.539. The molecule has 0 heterocycles. The molecular formula is C24H26O5. The highest BCUT2D eigenvalue weighted by atomic mass is 16.5. The van der Waals surface area contributed by atoms with Crippen molar-refractivity contribution in [2.75, 3.05) is 20.8 Å². The molecule has 5 nitrogen and oxygen atoms in total. The number of allylic oxidation sites excluding steroid dienone is 2. The summed E-state index contributed by atoms with van der Waals surface area (Å²) in [6.07, 6.45) is 2.12. The molecule has 0 radical (unpaired) electrons. The van der Waals surface area contributed by atoms with Crippen LogP contribution in [0.4, 0.5) is 0 Å². The third-order valence-corrected chi connectivity index (χ3v) is 5.20. The van der Waals surface area contributed by atoms with Crippen LogP contribution < -0.4 is 9.47 Å². The number of carbonyl (C=O) groups excluding carboxylic acids is 2. The van der Waals surface area contributed by atoms with Gasteiger partial charge in [-0.1, -0.05) is 29.8 Å². The highest BCUT2D eigenvalue weighted by Crippen LogP contribution is 2.42. The number of benzene rings is 2. The number of carbonyl (C=O) groups is 2. The van der Waals surface area contributed by atoms with Crippen LogP contribution in [0.2, 0.25) is 0 Å². The molecule has 0 fully saturated rings. The van der Waals surface area contributed by atoms with Crippen LogP contribution in [0.3, 0.4) is 0 Å². The maximum Gasteiger partial charge on any atom is 0.317 e. The van der Waals surface area contributed by atoms with E-state index < -0.39 is 11.9 Å². The number of methoxy groups -OCH3 is 2. The van der Waals surface area contributed by atoms with E-state index in [0.29, 0.717) is 17.9 Å². The van der Waals surface area contributed by atoms with Crippen molar-refractivity contribution in [2.45, 2.75) is 26.2 Å². The Morgan fingerprint density at radius 3 is 2.34 bits per heavy atom. The minimum Gasteiger partial charge on any atom is -0.497 e. The number of ether oxygens (including phenoxy) is 3. The van der Waals surface area contributed by atoms with Crippen molar-refractivity contribution in [1.29, 1.82) is 0 Å². The van der Waals surface area contributed by atoms with Crippen molar-refractivity contribution >= 4 is 17.3 Å². The van der Waals surface area contributed by atoms with E-state index in [2.05, 4.69) is 0 Å². The summed E-state index contributed by atoms with van der Waals surface area (Å²) in [5.74, 6) is -0.768. The Morgan fingerprint density at radius 1 is 1.07 bits per heavy atom. The van der Waals surface area contributed by atoms with Gasteiger partial charge in [0.15, 0.2) is 5.78 Å². The second-order valence-corrected chi connectivity index (χ2v) is 7.13. The summed E-state index contributed by atoms with van der Waals surface area (Å²) in [6, 6.07) is 13.5. The molecule has 0 unspecified atom stereocenters. The molecule has 0 saturated carbocycles. The van der Waals surface area contributed by atoms with Crippen molar-refractivity contribution in [2.24, 2.45) is 5.92 Å². The zero-order valence-corrected chi connectivity index (χ0v) is 17.2. The lowest BCUT2D eigenvalue weighted by molar-refractivity contribution is -0.151. The molecule has 152 valence electrons. The highest BCUT2D eigenvalue weighted by molar-refractivity contribution is 6.10. The zero-order valence-electron chi connectivity index (χ0n) is 17.2. The van der Waals surface area contributed by atoms with E-state index in [-0.39, 0.29) is 18.3 Å². The van der Waals surface area contributed by atoms with Crippen LogP contribution in [0.1, 0.15) is 36.0 Å². The first-order valence-electron chi connectivity index (χ1n) is 9.67. The van der Waals surface area contributed by atoms with Gasteiger partial charge in [-0.3, -0.25) is 9.59 Å². The van der Waals surface area contributed by atoms with Crippen molar-refractivity contribution in [3.05, 3.63) is 65.2 Å². The largest absolute Gasteiger partial charge is 0.497 e. The van der Waals surface area contributed by atoms with Gasteiger partial charge in [0.2, 0.25) is 0 Å². The number of hydrogen-bond donors (Lipinski definition) is 0. The molecule has 0 saturated heterocycles. The molecule has 29 heavy (non-hydrogen) atoms. The van der Waals surface area contributed by atoms with Gasteiger partial charge in [0.25, 0.3) is 0 Å². The lowest BCUT2D eigenvalue weighted by Crippen LogP contribution is -2.34. The van der Waals surface area contributed by atoms with E-state index in [4.69, 9.17) is 14.2 Å². The summed E-state index contributed by atoms with van der Waals surface area (Å²) in [4.78, 5) is 25.7. The van der Waals surface area contributed by atoms with Crippen LogP contribution in [-0.2, 0) is 14.3 Å². The summed E-state index contributed by atoms with van der Waals surface area (Å²) in [6.45, 7) is 3.98. The van der Waals surface area contributed by atoms with Crippen LogP contribution in [0.25, 0.3) is 5.57 Å². The van der Waals surface area contributed by atoms with Gasteiger partial charge in [0.1, 0.15) is 17.4 Å². The molecule has 0 bridgehead atoms. The van der Waals surface area contributed by atoms with Gasteiger partial charge in [0, 0.05) is 12.0 Å².